The lowest BCUT2D eigenvalue weighted by atomic mass is 9.99. The average molecular weight is 475 g/mol. The van der Waals surface area contributed by atoms with Crippen molar-refractivity contribution < 1.29 is 14.6 Å². The van der Waals surface area contributed by atoms with Crippen LogP contribution in [0.1, 0.15) is 44.0 Å². The highest BCUT2D eigenvalue weighted by Crippen LogP contribution is 2.36. The standard InChI is InChI=1S/C26H28N2O2.C3H6.CH4O/c1-5-13-18(6-2)21(7-3)28-26(29)23-20-16-11-12-17-22(20)27-24(25(23)30-4)19-14-9-8-10-15-19;1-3-2;1-2/h6,8-17,21H,2,5,7H2,1,3-4H3,(H,28,29);3H,1H2,2H3;2H,1H3/b18-13+;;. The minimum atomic E-state index is -0.182. The van der Waals surface area contributed by atoms with Crippen LogP contribution in [0.4, 0.5) is 0 Å². The van der Waals surface area contributed by atoms with Gasteiger partial charge in [-0.05, 0) is 31.4 Å². The van der Waals surface area contributed by atoms with Gasteiger partial charge in [-0.2, -0.15) is 0 Å². The molecule has 2 aromatic carbocycles. The number of aliphatic hydroxyl groups is 1. The molecular formula is C30H38N2O3. The van der Waals surface area contributed by atoms with E-state index in [9.17, 15) is 4.79 Å². The van der Waals surface area contributed by atoms with Crippen LogP contribution in [0.3, 0.4) is 0 Å². The second-order valence-corrected chi connectivity index (χ2v) is 7.41. The van der Waals surface area contributed by atoms with Crippen LogP contribution in [0, 0.1) is 0 Å². The third kappa shape index (κ3) is 7.66. The van der Waals surface area contributed by atoms with Crippen molar-refractivity contribution in [2.45, 2.75) is 39.7 Å². The van der Waals surface area contributed by atoms with E-state index in [2.05, 4.69) is 38.4 Å². The van der Waals surface area contributed by atoms with E-state index in [-0.39, 0.29) is 11.9 Å². The number of aliphatic hydroxyl groups excluding tert-OH is 1. The molecule has 0 aliphatic carbocycles. The van der Waals surface area contributed by atoms with Gasteiger partial charge in [-0.1, -0.05) is 87.2 Å². The summed E-state index contributed by atoms with van der Waals surface area (Å²) in [6.07, 6.45) is 7.31. The molecule has 0 aliphatic heterocycles. The SMILES string of the molecule is C=C/C(=C\CC)C(CC)NC(=O)c1c(OC)c(-c2ccccc2)nc2ccccc12.C=CC.CO. The van der Waals surface area contributed by atoms with E-state index in [1.165, 1.54) is 0 Å². The molecule has 1 amide bonds. The van der Waals surface area contributed by atoms with E-state index in [0.29, 0.717) is 17.0 Å². The van der Waals surface area contributed by atoms with E-state index in [1.54, 1.807) is 13.2 Å². The van der Waals surface area contributed by atoms with E-state index in [0.717, 1.165) is 42.0 Å². The van der Waals surface area contributed by atoms with Crippen LogP contribution in [-0.2, 0) is 0 Å². The average Bonchev–Trinajstić information content (AvgIpc) is 2.91. The molecule has 186 valence electrons. The van der Waals surface area contributed by atoms with Gasteiger partial charge in [-0.15, -0.1) is 6.58 Å². The highest BCUT2D eigenvalue weighted by molar-refractivity contribution is 6.10. The Morgan fingerprint density at radius 3 is 2.23 bits per heavy atom. The molecule has 0 saturated heterocycles. The smallest absolute Gasteiger partial charge is 0.256 e. The first-order chi connectivity index (χ1) is 17.1. The quantitative estimate of drug-likeness (QED) is 0.280. The van der Waals surface area contributed by atoms with Crippen molar-refractivity contribution in [1.29, 1.82) is 0 Å². The number of carbonyl (C=O) groups is 1. The van der Waals surface area contributed by atoms with Gasteiger partial charge in [0.05, 0.1) is 24.2 Å². The van der Waals surface area contributed by atoms with Crippen molar-refractivity contribution in [2.24, 2.45) is 0 Å². The number of amides is 1. The highest BCUT2D eigenvalue weighted by atomic mass is 16.5. The Balaban J connectivity index is 0.00000114. The van der Waals surface area contributed by atoms with Gasteiger partial charge in [0.25, 0.3) is 5.91 Å². The topological polar surface area (TPSA) is 71.5 Å². The summed E-state index contributed by atoms with van der Waals surface area (Å²) in [6, 6.07) is 17.3. The Labute approximate surface area is 209 Å². The van der Waals surface area contributed by atoms with Crippen LogP contribution in [0.5, 0.6) is 5.75 Å². The molecule has 1 atom stereocenters. The van der Waals surface area contributed by atoms with Crippen LogP contribution < -0.4 is 10.1 Å². The number of hydrogen-bond donors (Lipinski definition) is 2. The van der Waals surface area contributed by atoms with Crippen LogP contribution >= 0.6 is 0 Å². The number of hydrogen-bond acceptors (Lipinski definition) is 4. The molecule has 5 heteroatoms. The first-order valence-electron chi connectivity index (χ1n) is 11.7. The Morgan fingerprint density at radius 2 is 1.69 bits per heavy atom. The summed E-state index contributed by atoms with van der Waals surface area (Å²) in [6.45, 7) is 13.3. The molecule has 0 bridgehead atoms. The minimum absolute atomic E-state index is 0.119. The zero-order valence-electron chi connectivity index (χ0n) is 21.5. The van der Waals surface area contributed by atoms with Gasteiger partial charge in [0.1, 0.15) is 5.69 Å². The third-order valence-electron chi connectivity index (χ3n) is 5.12. The number of ether oxygens (including phenoxy) is 1. The van der Waals surface area contributed by atoms with Crippen molar-refractivity contribution in [3.05, 3.63) is 97.1 Å². The predicted octanol–water partition coefficient (Wildman–Crippen LogP) is 6.74. The lowest BCUT2D eigenvalue weighted by Gasteiger charge is -2.21. The van der Waals surface area contributed by atoms with E-state index in [4.69, 9.17) is 14.8 Å². The molecule has 0 fully saturated rings. The number of rotatable bonds is 8. The Morgan fingerprint density at radius 1 is 1.09 bits per heavy atom. The number of allylic oxidation sites excluding steroid dienone is 2. The predicted molar refractivity (Wildman–Crippen MR) is 148 cm³/mol. The normalized spacial score (nSPS) is 11.2. The zero-order valence-corrected chi connectivity index (χ0v) is 21.5. The van der Waals surface area contributed by atoms with Crippen molar-refractivity contribution in [2.75, 3.05) is 14.2 Å². The van der Waals surface area contributed by atoms with E-state index >= 15 is 0 Å². The van der Waals surface area contributed by atoms with E-state index < -0.39 is 0 Å². The number of nitrogens with zero attached hydrogens (tertiary/aromatic N) is 1. The fraction of sp³-hybridized carbons (Fsp3) is 0.267. The second kappa shape index (κ2) is 16.0. The second-order valence-electron chi connectivity index (χ2n) is 7.41. The minimum Gasteiger partial charge on any atom is -0.494 e. The third-order valence-corrected chi connectivity index (χ3v) is 5.12. The number of fused-ring (bicyclic) bond motifs is 1. The fourth-order valence-corrected chi connectivity index (χ4v) is 3.67. The number of carbonyl (C=O) groups excluding carboxylic acids is 1. The highest BCUT2D eigenvalue weighted by Gasteiger charge is 2.24. The van der Waals surface area contributed by atoms with Crippen molar-refractivity contribution in [3.8, 4) is 17.0 Å². The Kier molecular flexibility index (Phi) is 13.4. The molecule has 3 aromatic rings. The summed E-state index contributed by atoms with van der Waals surface area (Å²) in [5, 5.41) is 10.9. The summed E-state index contributed by atoms with van der Waals surface area (Å²) in [5.41, 5.74) is 3.83. The molecule has 1 heterocycles. The van der Waals surface area contributed by atoms with Crippen LogP contribution in [0.2, 0.25) is 0 Å². The summed E-state index contributed by atoms with van der Waals surface area (Å²) in [4.78, 5) is 18.3. The van der Waals surface area contributed by atoms with Crippen LogP contribution in [0.25, 0.3) is 22.2 Å². The number of aromatic nitrogens is 1. The molecule has 1 aromatic heterocycles. The summed E-state index contributed by atoms with van der Waals surface area (Å²) in [7, 11) is 2.58. The van der Waals surface area contributed by atoms with Gasteiger partial charge in [-0.25, -0.2) is 4.98 Å². The Bertz CT molecular complexity index is 1120. The summed E-state index contributed by atoms with van der Waals surface area (Å²) >= 11 is 0. The van der Waals surface area contributed by atoms with Crippen LogP contribution in [-0.4, -0.2) is 36.3 Å². The molecule has 0 saturated carbocycles. The molecular weight excluding hydrogens is 436 g/mol. The summed E-state index contributed by atoms with van der Waals surface area (Å²) < 4.78 is 5.75. The molecule has 0 radical (unpaired) electrons. The molecule has 0 spiro atoms. The molecule has 0 aliphatic rings. The lowest BCUT2D eigenvalue weighted by molar-refractivity contribution is 0.0941. The molecule has 2 N–H and O–H groups in total. The van der Waals surface area contributed by atoms with Crippen molar-refractivity contribution >= 4 is 16.8 Å². The monoisotopic (exact) mass is 474 g/mol. The van der Waals surface area contributed by atoms with E-state index in [1.807, 2.05) is 67.6 Å². The van der Waals surface area contributed by atoms with Crippen molar-refractivity contribution in [3.63, 3.8) is 0 Å². The molecule has 3 rings (SSSR count). The van der Waals surface area contributed by atoms with Crippen molar-refractivity contribution in [1.82, 2.24) is 10.3 Å². The first kappa shape index (κ1) is 29.3. The number of benzene rings is 2. The maximum Gasteiger partial charge on any atom is 0.256 e. The summed E-state index contributed by atoms with van der Waals surface area (Å²) in [5.74, 6) is 0.296. The number of methoxy groups -OCH3 is 1. The van der Waals surface area contributed by atoms with Gasteiger partial charge in [-0.3, -0.25) is 4.79 Å². The number of pyridine rings is 1. The maximum atomic E-state index is 13.5. The Hall–Kier alpha value is -3.70. The van der Waals surface area contributed by atoms with Crippen LogP contribution in [0.15, 0.2) is 91.6 Å². The number of nitrogens with one attached hydrogen (secondary N) is 1. The van der Waals surface area contributed by atoms with Gasteiger partial charge >= 0.3 is 0 Å². The number of para-hydroxylation sites is 1. The van der Waals surface area contributed by atoms with Gasteiger partial charge in [0.15, 0.2) is 5.75 Å². The van der Waals surface area contributed by atoms with Gasteiger partial charge in [0.2, 0.25) is 0 Å². The van der Waals surface area contributed by atoms with Gasteiger partial charge < -0.3 is 15.2 Å². The first-order valence-corrected chi connectivity index (χ1v) is 11.7. The molecule has 5 nitrogen and oxygen atoms in total. The molecule has 35 heavy (non-hydrogen) atoms. The lowest BCUT2D eigenvalue weighted by Crippen LogP contribution is -2.36. The van der Waals surface area contributed by atoms with Gasteiger partial charge in [0, 0.05) is 18.1 Å². The zero-order chi connectivity index (χ0) is 26.2. The maximum absolute atomic E-state index is 13.5. The molecule has 1 unspecified atom stereocenters. The fourth-order valence-electron chi connectivity index (χ4n) is 3.67. The largest absolute Gasteiger partial charge is 0.494 e.